The third kappa shape index (κ3) is 3.94. The van der Waals surface area contributed by atoms with Crippen LogP contribution < -0.4 is 5.73 Å². The van der Waals surface area contributed by atoms with Crippen LogP contribution >= 0.6 is 0 Å². The van der Waals surface area contributed by atoms with E-state index in [4.69, 9.17) is 0 Å². The van der Waals surface area contributed by atoms with Gasteiger partial charge in [-0.3, -0.25) is 0 Å². The van der Waals surface area contributed by atoms with Gasteiger partial charge >= 0.3 is 0 Å². The summed E-state index contributed by atoms with van der Waals surface area (Å²) < 4.78 is 24.4. The molecular formula is C9H24N2O2S. The molecule has 1 fully saturated rings. The summed E-state index contributed by atoms with van der Waals surface area (Å²) >= 11 is 0. The molecule has 0 amide bonds. The lowest BCUT2D eigenvalue weighted by atomic mass is 10.0. The Kier molecular flexibility index (Phi) is 6.31. The molecule has 0 spiro atoms. The zero-order valence-electron chi connectivity index (χ0n) is 9.36. The lowest BCUT2D eigenvalue weighted by Gasteiger charge is -2.28. The van der Waals surface area contributed by atoms with Crippen LogP contribution in [0.25, 0.3) is 0 Å². The van der Waals surface area contributed by atoms with Gasteiger partial charge in [-0.15, -0.1) is 0 Å². The summed E-state index contributed by atoms with van der Waals surface area (Å²) in [4.78, 5) is 0. The number of nitrogens with two attached hydrogens (primary N) is 1. The van der Waals surface area contributed by atoms with Gasteiger partial charge in [0, 0.05) is 14.5 Å². The van der Waals surface area contributed by atoms with E-state index in [0.717, 1.165) is 25.9 Å². The predicted molar refractivity (Wildman–Crippen MR) is 61.7 cm³/mol. The first-order chi connectivity index (χ1) is 6.56. The predicted octanol–water partition coefficient (Wildman–Crippen LogP) is 0.889. The van der Waals surface area contributed by atoms with Crippen LogP contribution in [0.15, 0.2) is 0 Å². The smallest absolute Gasteiger partial charge is 0.213 e. The van der Waals surface area contributed by atoms with Crippen LogP contribution in [0.5, 0.6) is 0 Å². The van der Waals surface area contributed by atoms with Gasteiger partial charge in [-0.25, -0.2) is 12.7 Å². The van der Waals surface area contributed by atoms with Gasteiger partial charge in [0.05, 0.1) is 5.75 Å². The minimum Gasteiger partial charge on any atom is -0.333 e. The molecular weight excluding hydrogens is 200 g/mol. The maximum atomic E-state index is 11.4. The van der Waals surface area contributed by atoms with Crippen molar-refractivity contribution in [3.05, 3.63) is 0 Å². The van der Waals surface area contributed by atoms with E-state index in [1.165, 1.54) is 7.05 Å². The van der Waals surface area contributed by atoms with Gasteiger partial charge in [0.2, 0.25) is 10.0 Å². The number of piperidine rings is 1. The van der Waals surface area contributed by atoms with Gasteiger partial charge < -0.3 is 5.73 Å². The molecule has 0 bridgehead atoms. The summed E-state index contributed by atoms with van der Waals surface area (Å²) in [6.45, 7) is 5.32. The molecule has 0 aromatic carbocycles. The molecule has 14 heavy (non-hydrogen) atoms. The molecule has 1 rings (SSSR count). The van der Waals surface area contributed by atoms with Crippen LogP contribution in [-0.4, -0.2) is 38.6 Å². The first-order valence-corrected chi connectivity index (χ1v) is 6.72. The molecule has 0 aromatic heterocycles. The summed E-state index contributed by atoms with van der Waals surface area (Å²) in [6.07, 6.45) is 2.03. The van der Waals surface area contributed by atoms with Crippen molar-refractivity contribution in [2.45, 2.75) is 26.7 Å². The molecule has 1 heterocycles. The lowest BCUT2D eigenvalue weighted by molar-refractivity contribution is 0.288. The van der Waals surface area contributed by atoms with Crippen molar-refractivity contribution in [2.24, 2.45) is 11.7 Å². The number of nitrogens with zero attached hydrogens (tertiary/aromatic N) is 1. The van der Waals surface area contributed by atoms with Crippen LogP contribution in [-0.2, 0) is 10.0 Å². The van der Waals surface area contributed by atoms with E-state index in [1.54, 1.807) is 11.2 Å². The number of sulfonamides is 1. The number of hydrogen-bond donors (Lipinski definition) is 1. The molecule has 0 aromatic rings. The quantitative estimate of drug-likeness (QED) is 0.757. The normalized spacial score (nSPS) is 20.0. The first-order valence-electron chi connectivity index (χ1n) is 5.12. The van der Waals surface area contributed by atoms with Gasteiger partial charge in [0.1, 0.15) is 0 Å². The second-order valence-electron chi connectivity index (χ2n) is 3.48. The third-order valence-corrected chi connectivity index (χ3v) is 4.38. The molecule has 1 aliphatic rings. The Morgan fingerprint density at radius 2 is 1.79 bits per heavy atom. The van der Waals surface area contributed by atoms with Crippen LogP contribution in [0.1, 0.15) is 28.1 Å². The zero-order chi connectivity index (χ0) is 11.2. The maximum Gasteiger partial charge on any atom is 0.213 e. The van der Waals surface area contributed by atoms with Gasteiger partial charge in [0.15, 0.2) is 0 Å². The molecule has 0 aliphatic carbocycles. The van der Waals surface area contributed by atoms with Crippen LogP contribution in [0, 0.1) is 5.92 Å². The lowest BCUT2D eigenvalue weighted by Crippen LogP contribution is -2.38. The molecule has 1 saturated heterocycles. The first kappa shape index (κ1) is 13.9. The second kappa shape index (κ2) is 6.37. The molecule has 1 aliphatic heterocycles. The van der Waals surface area contributed by atoms with E-state index in [-0.39, 0.29) is 7.18 Å². The summed E-state index contributed by atoms with van der Waals surface area (Å²) in [5.41, 5.74) is 4.50. The van der Waals surface area contributed by atoms with Crippen molar-refractivity contribution < 1.29 is 9.84 Å². The fourth-order valence-corrected chi connectivity index (χ4v) is 2.58. The van der Waals surface area contributed by atoms with Crippen molar-refractivity contribution in [2.75, 3.05) is 25.9 Å². The van der Waals surface area contributed by atoms with Crippen LogP contribution in [0.4, 0.5) is 0 Å². The zero-order valence-corrected chi connectivity index (χ0v) is 10.2. The molecule has 0 saturated carbocycles. The van der Waals surface area contributed by atoms with E-state index in [1.807, 2.05) is 0 Å². The van der Waals surface area contributed by atoms with Crippen LogP contribution in [0.3, 0.4) is 0 Å². The van der Waals surface area contributed by atoms with E-state index in [2.05, 4.69) is 12.7 Å². The van der Waals surface area contributed by atoms with Gasteiger partial charge in [-0.2, -0.15) is 0 Å². The van der Waals surface area contributed by atoms with Gasteiger partial charge in [0.25, 0.3) is 0 Å². The van der Waals surface area contributed by atoms with Crippen molar-refractivity contribution in [1.82, 2.24) is 4.31 Å². The van der Waals surface area contributed by atoms with Crippen molar-refractivity contribution in [3.8, 4) is 0 Å². The number of hydrogen-bond acceptors (Lipinski definition) is 3. The van der Waals surface area contributed by atoms with Gasteiger partial charge in [-0.05, 0) is 32.7 Å². The van der Waals surface area contributed by atoms with E-state index < -0.39 is 10.0 Å². The average molecular weight is 224 g/mol. The van der Waals surface area contributed by atoms with Crippen molar-refractivity contribution in [1.29, 1.82) is 0 Å². The Morgan fingerprint density at radius 3 is 2.14 bits per heavy atom. The highest BCUT2D eigenvalue weighted by Gasteiger charge is 2.24. The summed E-state index contributed by atoms with van der Waals surface area (Å²) in [6, 6.07) is 0. The molecule has 5 heteroatoms. The van der Waals surface area contributed by atoms with Crippen molar-refractivity contribution >= 4 is 10.0 Å². The molecule has 0 atom stereocenters. The second-order valence-corrected chi connectivity index (χ2v) is 5.74. The summed E-state index contributed by atoms with van der Waals surface area (Å²) in [7, 11) is -1.41. The SMILES string of the molecule is CCS(=O)(=O)N1CCC(C)CC1.CN.[HH]. The average Bonchev–Trinajstić information content (AvgIpc) is 2.21. The highest BCUT2D eigenvalue weighted by atomic mass is 32.2. The maximum absolute atomic E-state index is 11.4. The summed E-state index contributed by atoms with van der Waals surface area (Å²) in [5.74, 6) is 0.926. The Bertz CT molecular complexity index is 236. The fraction of sp³-hybridized carbons (Fsp3) is 1.00. The Morgan fingerprint density at radius 1 is 1.36 bits per heavy atom. The standard InChI is InChI=1S/C8H17NO2S.CH5N.H2/c1-3-12(10,11)9-6-4-8(2)5-7-9;1-2;/h8H,3-7H2,1-2H3;2H2,1H3;1H. The van der Waals surface area contributed by atoms with E-state index >= 15 is 0 Å². The Labute approximate surface area is 89.0 Å². The third-order valence-electron chi connectivity index (χ3n) is 2.50. The monoisotopic (exact) mass is 224 g/mol. The van der Waals surface area contributed by atoms with E-state index in [0.29, 0.717) is 5.92 Å². The Balaban J connectivity index is 0. The fourth-order valence-electron chi connectivity index (χ4n) is 1.45. The highest BCUT2D eigenvalue weighted by Crippen LogP contribution is 2.18. The van der Waals surface area contributed by atoms with Gasteiger partial charge in [-0.1, -0.05) is 6.92 Å². The molecule has 0 radical (unpaired) electrons. The molecule has 2 N–H and O–H groups in total. The minimum absolute atomic E-state index is 0. The number of rotatable bonds is 2. The van der Waals surface area contributed by atoms with E-state index in [9.17, 15) is 8.42 Å². The van der Waals surface area contributed by atoms with Crippen molar-refractivity contribution in [3.63, 3.8) is 0 Å². The minimum atomic E-state index is -2.91. The molecule has 0 unspecified atom stereocenters. The summed E-state index contributed by atoms with van der Waals surface area (Å²) in [5, 5.41) is 0. The van der Waals surface area contributed by atoms with Crippen LogP contribution in [0.2, 0.25) is 0 Å². The highest BCUT2D eigenvalue weighted by molar-refractivity contribution is 7.89. The molecule has 4 nitrogen and oxygen atoms in total. The largest absolute Gasteiger partial charge is 0.333 e. The topological polar surface area (TPSA) is 63.4 Å². The molecule has 88 valence electrons. The Hall–Kier alpha value is -0.130.